The largest absolute Gasteiger partial charge is 0.300 e. The minimum atomic E-state index is 0.367. The van der Waals surface area contributed by atoms with E-state index in [1.807, 2.05) is 6.92 Å². The van der Waals surface area contributed by atoms with Gasteiger partial charge in [0.25, 0.3) is 0 Å². The summed E-state index contributed by atoms with van der Waals surface area (Å²) in [5.74, 6) is 6.05. The molecule has 0 rings (SSSR count). The second-order valence-electron chi connectivity index (χ2n) is 2.92. The lowest BCUT2D eigenvalue weighted by molar-refractivity contribution is -0.119. The smallest absolute Gasteiger partial charge is 0.133 e. The Kier molecular flexibility index (Phi) is 7.79. The van der Waals surface area contributed by atoms with E-state index in [-0.39, 0.29) is 0 Å². The summed E-state index contributed by atoms with van der Waals surface area (Å²) in [4.78, 5) is 11.1. The summed E-state index contributed by atoms with van der Waals surface area (Å²) in [6, 6.07) is 0. The molecule has 0 atom stereocenters. The molecule has 0 saturated heterocycles. The molecule has 12 heavy (non-hydrogen) atoms. The van der Waals surface area contributed by atoms with Gasteiger partial charge in [-0.05, 0) is 13.3 Å². The van der Waals surface area contributed by atoms with Crippen LogP contribution in [0.25, 0.3) is 0 Å². The van der Waals surface area contributed by atoms with E-state index in [1.165, 1.54) is 12.8 Å². The molecule has 1 heteroatoms. The Labute approximate surface area is 75.5 Å². The summed E-state index contributed by atoms with van der Waals surface area (Å²) >= 11 is 0. The number of hydrogen-bond acceptors (Lipinski definition) is 1. The Morgan fingerprint density at radius 1 is 1.25 bits per heavy atom. The van der Waals surface area contributed by atoms with Crippen molar-refractivity contribution in [3.63, 3.8) is 0 Å². The maximum absolute atomic E-state index is 11.1. The first-order valence-electron chi connectivity index (χ1n) is 4.72. The van der Waals surface area contributed by atoms with Gasteiger partial charge < -0.3 is 0 Å². The minimum Gasteiger partial charge on any atom is -0.300 e. The zero-order chi connectivity index (χ0) is 9.23. The van der Waals surface area contributed by atoms with Crippen molar-refractivity contribution in [2.45, 2.75) is 52.4 Å². The first-order chi connectivity index (χ1) is 5.81. The monoisotopic (exact) mass is 166 g/mol. The van der Waals surface area contributed by atoms with Crippen molar-refractivity contribution in [2.75, 3.05) is 0 Å². The van der Waals surface area contributed by atoms with E-state index >= 15 is 0 Å². The van der Waals surface area contributed by atoms with Crippen LogP contribution >= 0.6 is 0 Å². The average Bonchev–Trinajstić information content (AvgIpc) is 2.06. The fraction of sp³-hybridized carbons (Fsp3) is 0.727. The Balaban J connectivity index is 3.25. The molecule has 68 valence electrons. The highest BCUT2D eigenvalue weighted by molar-refractivity contribution is 5.78. The fourth-order valence-corrected chi connectivity index (χ4v) is 1.02. The second kappa shape index (κ2) is 8.33. The number of rotatable bonds is 6. The summed E-state index contributed by atoms with van der Waals surface area (Å²) in [6.45, 7) is 3.95. The van der Waals surface area contributed by atoms with Crippen molar-refractivity contribution in [3.05, 3.63) is 0 Å². The van der Waals surface area contributed by atoms with Gasteiger partial charge in [0.1, 0.15) is 5.78 Å². The van der Waals surface area contributed by atoms with Gasteiger partial charge in [-0.15, -0.1) is 11.8 Å². The molecule has 0 aliphatic rings. The minimum absolute atomic E-state index is 0.367. The molecule has 0 aliphatic heterocycles. The van der Waals surface area contributed by atoms with E-state index in [0.717, 1.165) is 19.3 Å². The molecule has 0 bridgehead atoms. The van der Waals surface area contributed by atoms with E-state index in [9.17, 15) is 4.79 Å². The fourth-order valence-electron chi connectivity index (χ4n) is 1.02. The lowest BCUT2D eigenvalue weighted by Crippen LogP contribution is -1.96. The molecule has 0 unspecified atom stereocenters. The lowest BCUT2D eigenvalue weighted by atomic mass is 10.1. The van der Waals surface area contributed by atoms with Gasteiger partial charge in [0.05, 0.1) is 0 Å². The van der Waals surface area contributed by atoms with Crippen molar-refractivity contribution in [3.8, 4) is 11.8 Å². The third-order valence-corrected chi connectivity index (χ3v) is 1.76. The van der Waals surface area contributed by atoms with Gasteiger partial charge in [0.2, 0.25) is 0 Å². The van der Waals surface area contributed by atoms with Gasteiger partial charge in [-0.25, -0.2) is 0 Å². The third kappa shape index (κ3) is 7.34. The van der Waals surface area contributed by atoms with Crippen molar-refractivity contribution in [1.82, 2.24) is 0 Å². The van der Waals surface area contributed by atoms with Crippen LogP contribution in [-0.2, 0) is 4.79 Å². The van der Waals surface area contributed by atoms with Crippen LogP contribution in [0, 0.1) is 11.8 Å². The van der Waals surface area contributed by atoms with Crippen LogP contribution in [0.1, 0.15) is 52.4 Å². The first-order valence-corrected chi connectivity index (χ1v) is 4.72. The van der Waals surface area contributed by atoms with Crippen molar-refractivity contribution >= 4 is 5.78 Å². The molecule has 0 radical (unpaired) electrons. The van der Waals surface area contributed by atoms with E-state index in [0.29, 0.717) is 12.2 Å². The normalized spacial score (nSPS) is 8.83. The number of carbonyl (C=O) groups excluding carboxylic acids is 1. The molecule has 0 aromatic carbocycles. The van der Waals surface area contributed by atoms with E-state index in [2.05, 4.69) is 18.8 Å². The van der Waals surface area contributed by atoms with Gasteiger partial charge in [-0.2, -0.15) is 0 Å². The predicted octanol–water partition coefficient (Wildman–Crippen LogP) is 2.94. The molecule has 1 nitrogen and oxygen atoms in total. The van der Waals surface area contributed by atoms with Crippen LogP contribution < -0.4 is 0 Å². The average molecular weight is 166 g/mol. The zero-order valence-electron chi connectivity index (χ0n) is 8.15. The standard InChI is InChI=1S/C11H18O/c1-3-5-7-9-11(12)10-8-6-4-2/h3,5,7-10H2,1-2H3. The maximum Gasteiger partial charge on any atom is 0.133 e. The Hall–Kier alpha value is -0.770. The highest BCUT2D eigenvalue weighted by Gasteiger charge is 1.98. The molecule has 0 N–H and O–H groups in total. The summed E-state index contributed by atoms with van der Waals surface area (Å²) in [5.41, 5.74) is 0. The van der Waals surface area contributed by atoms with Crippen LogP contribution in [0.3, 0.4) is 0 Å². The van der Waals surface area contributed by atoms with E-state index in [1.54, 1.807) is 0 Å². The van der Waals surface area contributed by atoms with E-state index in [4.69, 9.17) is 0 Å². The maximum atomic E-state index is 11.1. The van der Waals surface area contributed by atoms with Gasteiger partial charge >= 0.3 is 0 Å². The van der Waals surface area contributed by atoms with Crippen molar-refractivity contribution in [2.24, 2.45) is 0 Å². The highest BCUT2D eigenvalue weighted by atomic mass is 16.1. The second-order valence-corrected chi connectivity index (χ2v) is 2.92. The SMILES string of the molecule is CC#CCCC(=O)CCCCC. The van der Waals surface area contributed by atoms with Gasteiger partial charge in [0.15, 0.2) is 0 Å². The Bertz CT molecular complexity index is 171. The highest BCUT2D eigenvalue weighted by Crippen LogP contribution is 2.02. The van der Waals surface area contributed by atoms with Crippen molar-refractivity contribution in [1.29, 1.82) is 0 Å². The molecule has 0 saturated carbocycles. The van der Waals surface area contributed by atoms with Crippen LogP contribution in [0.4, 0.5) is 0 Å². The summed E-state index contributed by atoms with van der Waals surface area (Å²) in [6.07, 6.45) is 5.54. The quantitative estimate of drug-likeness (QED) is 0.438. The summed E-state index contributed by atoms with van der Waals surface area (Å²) in [5, 5.41) is 0. The van der Waals surface area contributed by atoms with Gasteiger partial charge in [-0.3, -0.25) is 4.79 Å². The third-order valence-electron chi connectivity index (χ3n) is 1.76. The van der Waals surface area contributed by atoms with Gasteiger partial charge in [-0.1, -0.05) is 19.8 Å². The van der Waals surface area contributed by atoms with Gasteiger partial charge in [0, 0.05) is 19.3 Å². The van der Waals surface area contributed by atoms with E-state index < -0.39 is 0 Å². The van der Waals surface area contributed by atoms with Crippen LogP contribution in [-0.4, -0.2) is 5.78 Å². The molecule has 0 amide bonds. The molecule has 0 fully saturated rings. The Morgan fingerprint density at radius 2 is 2.00 bits per heavy atom. The molecule has 0 aliphatic carbocycles. The zero-order valence-corrected chi connectivity index (χ0v) is 8.15. The Morgan fingerprint density at radius 3 is 2.58 bits per heavy atom. The number of Topliss-reactive ketones (excluding diaryl/α,β-unsaturated/α-hetero) is 1. The number of hydrogen-bond donors (Lipinski definition) is 0. The van der Waals surface area contributed by atoms with Crippen LogP contribution in [0.15, 0.2) is 0 Å². The summed E-state index contributed by atoms with van der Waals surface area (Å²) < 4.78 is 0. The molecular formula is C11H18O. The predicted molar refractivity (Wildman–Crippen MR) is 51.8 cm³/mol. The summed E-state index contributed by atoms with van der Waals surface area (Å²) in [7, 11) is 0. The number of unbranched alkanes of at least 4 members (excludes halogenated alkanes) is 2. The number of ketones is 1. The number of carbonyl (C=O) groups is 1. The molecule has 0 aromatic heterocycles. The first kappa shape index (κ1) is 11.2. The molecule has 0 heterocycles. The molecular weight excluding hydrogens is 148 g/mol. The topological polar surface area (TPSA) is 17.1 Å². The molecule has 0 aromatic rings. The lowest BCUT2D eigenvalue weighted by Gasteiger charge is -1.96. The molecule has 0 spiro atoms. The van der Waals surface area contributed by atoms with Crippen molar-refractivity contribution < 1.29 is 4.79 Å². The van der Waals surface area contributed by atoms with Crippen LogP contribution in [0.2, 0.25) is 0 Å². The van der Waals surface area contributed by atoms with Crippen LogP contribution in [0.5, 0.6) is 0 Å².